The molecule has 0 bridgehead atoms. The Labute approximate surface area is 159 Å². The molecule has 0 radical (unpaired) electrons. The number of carbonyl (C=O) groups excluding carboxylic acids is 1. The van der Waals surface area contributed by atoms with Crippen molar-refractivity contribution in [3.05, 3.63) is 108 Å². The van der Waals surface area contributed by atoms with Crippen molar-refractivity contribution in [2.24, 2.45) is 0 Å². The van der Waals surface area contributed by atoms with Crippen LogP contribution in [0.5, 0.6) is 0 Å². The summed E-state index contributed by atoms with van der Waals surface area (Å²) in [5.41, 5.74) is 3.24. The van der Waals surface area contributed by atoms with Gasteiger partial charge in [-0.1, -0.05) is 78.4 Å². The Morgan fingerprint density at radius 3 is 1.74 bits per heavy atom. The number of aryl methyl sites for hydroxylation is 1. The van der Waals surface area contributed by atoms with Crippen molar-refractivity contribution in [2.75, 3.05) is 0 Å². The van der Waals surface area contributed by atoms with E-state index in [4.69, 9.17) is 0 Å². The Bertz CT molecular complexity index is 1010. The second-order valence-corrected chi connectivity index (χ2v) is 7.76. The molecule has 0 saturated heterocycles. The Morgan fingerprint density at radius 1 is 0.778 bits per heavy atom. The number of hydrogen-bond acceptors (Lipinski definition) is 3. The van der Waals surface area contributed by atoms with Gasteiger partial charge in [0.1, 0.15) is 0 Å². The van der Waals surface area contributed by atoms with Crippen molar-refractivity contribution in [3.63, 3.8) is 0 Å². The summed E-state index contributed by atoms with van der Waals surface area (Å²) in [6.07, 6.45) is 1.32. The van der Waals surface area contributed by atoms with E-state index in [-0.39, 0.29) is 4.90 Å². The number of benzene rings is 3. The van der Waals surface area contributed by atoms with Crippen molar-refractivity contribution in [3.8, 4) is 0 Å². The molecule has 0 fully saturated rings. The summed E-state index contributed by atoms with van der Waals surface area (Å²) < 4.78 is 27.0. The van der Waals surface area contributed by atoms with E-state index >= 15 is 0 Å². The van der Waals surface area contributed by atoms with E-state index in [2.05, 4.69) is 4.72 Å². The van der Waals surface area contributed by atoms with Crippen LogP contribution in [0, 0.1) is 6.92 Å². The van der Waals surface area contributed by atoms with Crippen LogP contribution < -0.4 is 4.72 Å². The van der Waals surface area contributed by atoms with Crippen LogP contribution in [0.3, 0.4) is 0 Å². The van der Waals surface area contributed by atoms with E-state index in [1.807, 2.05) is 67.6 Å². The van der Waals surface area contributed by atoms with Crippen molar-refractivity contribution in [2.45, 2.75) is 11.8 Å². The molecule has 5 heteroatoms. The first-order chi connectivity index (χ1) is 13.0. The lowest BCUT2D eigenvalue weighted by molar-refractivity contribution is -0.114. The number of rotatable bonds is 5. The summed E-state index contributed by atoms with van der Waals surface area (Å²) in [7, 11) is -3.93. The minimum Gasteiger partial charge on any atom is -0.269 e. The van der Waals surface area contributed by atoms with Gasteiger partial charge >= 0.3 is 0 Å². The number of hydrogen-bond donors (Lipinski definition) is 1. The van der Waals surface area contributed by atoms with Crippen LogP contribution in [0.2, 0.25) is 0 Å². The molecule has 3 aromatic carbocycles. The summed E-state index contributed by atoms with van der Waals surface area (Å²) in [6.45, 7) is 1.86. The van der Waals surface area contributed by atoms with Gasteiger partial charge in [0.2, 0.25) is 0 Å². The Hall–Kier alpha value is -3.18. The average molecular weight is 377 g/mol. The van der Waals surface area contributed by atoms with Gasteiger partial charge in [-0.3, -0.25) is 4.79 Å². The predicted molar refractivity (Wildman–Crippen MR) is 106 cm³/mol. The van der Waals surface area contributed by atoms with Crippen molar-refractivity contribution < 1.29 is 13.2 Å². The molecule has 0 aliphatic heterocycles. The largest absolute Gasteiger partial charge is 0.269 e. The lowest BCUT2D eigenvalue weighted by Crippen LogP contribution is -2.29. The van der Waals surface area contributed by atoms with E-state index in [0.717, 1.165) is 16.7 Å². The Kier molecular flexibility index (Phi) is 5.52. The molecule has 0 atom stereocenters. The predicted octanol–water partition coefficient (Wildman–Crippen LogP) is 3.93. The number of amides is 1. The molecule has 0 aromatic heterocycles. The molecule has 0 heterocycles. The maximum atomic E-state index is 12.5. The van der Waals surface area contributed by atoms with Gasteiger partial charge in [-0.2, -0.15) is 0 Å². The summed E-state index contributed by atoms with van der Waals surface area (Å²) in [5, 5.41) is 0. The van der Waals surface area contributed by atoms with E-state index < -0.39 is 15.9 Å². The van der Waals surface area contributed by atoms with Gasteiger partial charge in [0.05, 0.1) is 4.90 Å². The third-order valence-corrected chi connectivity index (χ3v) is 5.37. The first kappa shape index (κ1) is 18.6. The summed E-state index contributed by atoms with van der Waals surface area (Å²) in [6, 6.07) is 25.1. The highest BCUT2D eigenvalue weighted by Gasteiger charge is 2.17. The minimum absolute atomic E-state index is 0.0517. The number of sulfonamides is 1. The highest BCUT2D eigenvalue weighted by molar-refractivity contribution is 7.90. The molecule has 3 aromatic rings. The SMILES string of the molecule is Cc1ccc(S(=O)(=O)NC(=O)C=C(c2ccccc2)c2ccccc2)cc1. The topological polar surface area (TPSA) is 63.2 Å². The van der Waals surface area contributed by atoms with Gasteiger partial charge in [-0.15, -0.1) is 0 Å². The highest BCUT2D eigenvalue weighted by Crippen LogP contribution is 2.23. The average Bonchev–Trinajstić information content (AvgIpc) is 2.67. The summed E-state index contributed by atoms with van der Waals surface area (Å²) in [5.74, 6) is -0.696. The fourth-order valence-corrected chi connectivity index (χ4v) is 3.57. The molecule has 0 aliphatic carbocycles. The van der Waals surface area contributed by atoms with Crippen molar-refractivity contribution in [1.29, 1.82) is 0 Å². The Balaban J connectivity index is 1.93. The zero-order chi connectivity index (χ0) is 19.3. The monoisotopic (exact) mass is 377 g/mol. The summed E-state index contributed by atoms with van der Waals surface area (Å²) in [4.78, 5) is 12.5. The molecule has 1 N–H and O–H groups in total. The number of carbonyl (C=O) groups is 1. The molecule has 27 heavy (non-hydrogen) atoms. The molecular weight excluding hydrogens is 358 g/mol. The zero-order valence-corrected chi connectivity index (χ0v) is 15.6. The number of nitrogens with one attached hydrogen (secondary N) is 1. The van der Waals surface area contributed by atoms with Crippen LogP contribution in [0.25, 0.3) is 5.57 Å². The van der Waals surface area contributed by atoms with Crippen LogP contribution in [0.1, 0.15) is 16.7 Å². The second-order valence-electron chi connectivity index (χ2n) is 6.07. The van der Waals surface area contributed by atoms with E-state index in [1.54, 1.807) is 12.1 Å². The molecule has 3 rings (SSSR count). The van der Waals surface area contributed by atoms with Crippen LogP contribution in [0.15, 0.2) is 95.9 Å². The first-order valence-corrected chi connectivity index (χ1v) is 9.90. The van der Waals surface area contributed by atoms with Crippen LogP contribution >= 0.6 is 0 Å². The van der Waals surface area contributed by atoms with Gasteiger partial charge in [0.15, 0.2) is 0 Å². The molecule has 0 spiro atoms. The normalized spacial score (nSPS) is 10.9. The Morgan fingerprint density at radius 2 is 1.26 bits per heavy atom. The third kappa shape index (κ3) is 4.71. The maximum absolute atomic E-state index is 12.5. The maximum Gasteiger partial charge on any atom is 0.264 e. The molecule has 0 aliphatic rings. The van der Waals surface area contributed by atoms with Gasteiger partial charge in [0, 0.05) is 6.08 Å². The van der Waals surface area contributed by atoms with Crippen LogP contribution in [-0.4, -0.2) is 14.3 Å². The standard InChI is InChI=1S/C22H19NO3S/c1-17-12-14-20(15-13-17)27(25,26)23-22(24)16-21(18-8-4-2-5-9-18)19-10-6-3-7-11-19/h2-16H,1H3,(H,23,24). The van der Waals surface area contributed by atoms with Gasteiger partial charge in [-0.05, 0) is 35.8 Å². The highest BCUT2D eigenvalue weighted by atomic mass is 32.2. The van der Waals surface area contributed by atoms with Crippen LogP contribution in [-0.2, 0) is 14.8 Å². The van der Waals surface area contributed by atoms with E-state index in [1.165, 1.54) is 18.2 Å². The zero-order valence-electron chi connectivity index (χ0n) is 14.8. The lowest BCUT2D eigenvalue weighted by atomic mass is 9.97. The minimum atomic E-state index is -3.93. The molecule has 0 unspecified atom stereocenters. The van der Waals surface area contributed by atoms with Gasteiger partial charge in [0.25, 0.3) is 15.9 Å². The third-order valence-electron chi connectivity index (χ3n) is 4.01. The molecule has 1 amide bonds. The van der Waals surface area contributed by atoms with Gasteiger partial charge < -0.3 is 0 Å². The van der Waals surface area contributed by atoms with E-state index in [0.29, 0.717) is 5.57 Å². The van der Waals surface area contributed by atoms with Crippen LogP contribution in [0.4, 0.5) is 0 Å². The van der Waals surface area contributed by atoms with Crippen molar-refractivity contribution in [1.82, 2.24) is 4.72 Å². The van der Waals surface area contributed by atoms with E-state index in [9.17, 15) is 13.2 Å². The molecule has 136 valence electrons. The van der Waals surface area contributed by atoms with Crippen molar-refractivity contribution >= 4 is 21.5 Å². The second kappa shape index (κ2) is 8.01. The molecule has 4 nitrogen and oxygen atoms in total. The summed E-state index contributed by atoms with van der Waals surface area (Å²) >= 11 is 0. The lowest BCUT2D eigenvalue weighted by Gasteiger charge is -2.10. The molecular formula is C22H19NO3S. The smallest absolute Gasteiger partial charge is 0.264 e. The quantitative estimate of drug-likeness (QED) is 0.685. The molecule has 0 saturated carbocycles. The fourth-order valence-electron chi connectivity index (χ4n) is 2.64. The first-order valence-electron chi connectivity index (χ1n) is 8.42. The fraction of sp³-hybridized carbons (Fsp3) is 0.0455. The van der Waals surface area contributed by atoms with Gasteiger partial charge in [-0.25, -0.2) is 13.1 Å².